The molecule has 2 saturated heterocycles. The molecule has 2 fully saturated rings. The number of nitrogens with zero attached hydrogens (tertiary/aromatic N) is 2. The number of fused-ring (bicyclic) bond motifs is 5. The Kier molecular flexibility index (Phi) is 6.98. The van der Waals surface area contributed by atoms with Gasteiger partial charge in [-0.2, -0.15) is 13.2 Å². The van der Waals surface area contributed by atoms with Crippen molar-refractivity contribution in [3.63, 3.8) is 0 Å². The highest BCUT2D eigenvalue weighted by Gasteiger charge is 2.44. The average molecular weight is 551 g/mol. The number of alkyl halides is 3. The summed E-state index contributed by atoms with van der Waals surface area (Å²) >= 11 is 0. The number of hydrogen-bond acceptors (Lipinski definition) is 5. The number of rotatable bonds is 6. The SMILES string of the molecule is O=C(c1ccc(OCC(F)(F)F)nc1)C1CC2CCCC(C1)N2C(=O)OCC1c2ccccc2-c2ccccc21. The minimum Gasteiger partial charge on any atom is -0.468 e. The van der Waals surface area contributed by atoms with Crippen LogP contribution in [0.1, 0.15) is 59.5 Å². The van der Waals surface area contributed by atoms with E-state index in [1.54, 1.807) is 0 Å². The topological polar surface area (TPSA) is 68.7 Å². The second-order valence-corrected chi connectivity index (χ2v) is 10.8. The Balaban J connectivity index is 1.10. The van der Waals surface area contributed by atoms with Crippen molar-refractivity contribution in [2.45, 2.75) is 56.3 Å². The van der Waals surface area contributed by atoms with Crippen molar-refractivity contribution in [3.8, 4) is 17.0 Å². The fraction of sp³-hybridized carbons (Fsp3) is 0.387. The second-order valence-electron chi connectivity index (χ2n) is 10.8. The van der Waals surface area contributed by atoms with E-state index in [2.05, 4.69) is 34.0 Å². The molecule has 2 bridgehead atoms. The van der Waals surface area contributed by atoms with Crippen LogP contribution in [-0.2, 0) is 4.74 Å². The van der Waals surface area contributed by atoms with Crippen LogP contribution in [-0.4, -0.2) is 53.2 Å². The summed E-state index contributed by atoms with van der Waals surface area (Å²) in [6, 6.07) is 19.0. The van der Waals surface area contributed by atoms with Gasteiger partial charge in [-0.3, -0.25) is 4.79 Å². The molecule has 0 spiro atoms. The molecule has 6 nitrogen and oxygen atoms in total. The Morgan fingerprint density at radius 1 is 0.900 bits per heavy atom. The predicted octanol–water partition coefficient (Wildman–Crippen LogP) is 6.79. The summed E-state index contributed by atoms with van der Waals surface area (Å²) in [5, 5.41) is 0. The number of benzene rings is 2. The zero-order valence-electron chi connectivity index (χ0n) is 21.8. The standard InChI is InChI=1S/C31H29F3N2O4/c32-31(33,34)18-40-28-13-12-19(16-35-28)29(37)20-14-21-6-5-7-22(15-20)36(21)30(38)39-17-27-25-10-3-1-8-23(25)24-9-2-4-11-26(24)27/h1-4,8-13,16,20-22,27H,5-7,14-15,17-18H2. The molecular weight excluding hydrogens is 521 g/mol. The highest BCUT2D eigenvalue weighted by molar-refractivity contribution is 5.97. The lowest BCUT2D eigenvalue weighted by atomic mass is 9.76. The van der Waals surface area contributed by atoms with E-state index in [0.717, 1.165) is 30.4 Å². The molecule has 9 heteroatoms. The van der Waals surface area contributed by atoms with Crippen LogP contribution in [0.2, 0.25) is 0 Å². The van der Waals surface area contributed by atoms with Gasteiger partial charge in [0.25, 0.3) is 0 Å². The van der Waals surface area contributed by atoms with Crippen LogP contribution >= 0.6 is 0 Å². The minimum atomic E-state index is -4.46. The van der Waals surface area contributed by atoms with Crippen molar-refractivity contribution in [1.29, 1.82) is 0 Å². The molecule has 0 N–H and O–H groups in total. The van der Waals surface area contributed by atoms with Crippen molar-refractivity contribution in [2.24, 2.45) is 5.92 Å². The molecular formula is C31H29F3N2O4. The Labute approximate surface area is 230 Å². The van der Waals surface area contributed by atoms with Gasteiger partial charge in [-0.25, -0.2) is 9.78 Å². The smallest absolute Gasteiger partial charge is 0.422 e. The Morgan fingerprint density at radius 2 is 1.52 bits per heavy atom. The first-order chi connectivity index (χ1) is 19.3. The first kappa shape index (κ1) is 26.3. The quantitative estimate of drug-likeness (QED) is 0.316. The zero-order valence-corrected chi connectivity index (χ0v) is 21.8. The lowest BCUT2D eigenvalue weighted by molar-refractivity contribution is -0.154. The van der Waals surface area contributed by atoms with Crippen molar-refractivity contribution in [1.82, 2.24) is 9.88 Å². The maximum absolute atomic E-state index is 13.4. The van der Waals surface area contributed by atoms with Crippen LogP contribution in [0.5, 0.6) is 5.88 Å². The number of carbonyl (C=O) groups is 2. The van der Waals surface area contributed by atoms with Crippen molar-refractivity contribution in [2.75, 3.05) is 13.2 Å². The monoisotopic (exact) mass is 550 g/mol. The number of aromatic nitrogens is 1. The third-order valence-corrected chi connectivity index (χ3v) is 8.30. The first-order valence-corrected chi connectivity index (χ1v) is 13.6. The number of piperidine rings is 2. The van der Waals surface area contributed by atoms with E-state index in [4.69, 9.17) is 4.74 Å². The van der Waals surface area contributed by atoms with Crippen molar-refractivity contribution in [3.05, 3.63) is 83.6 Å². The molecule has 2 atom stereocenters. The van der Waals surface area contributed by atoms with Crippen LogP contribution < -0.4 is 4.74 Å². The zero-order chi connectivity index (χ0) is 27.9. The van der Waals surface area contributed by atoms with E-state index in [1.807, 2.05) is 29.2 Å². The van der Waals surface area contributed by atoms with Gasteiger partial charge in [0.15, 0.2) is 12.4 Å². The van der Waals surface area contributed by atoms with E-state index in [1.165, 1.54) is 29.5 Å². The number of pyridine rings is 1. The normalized spacial score (nSPS) is 21.9. The van der Waals surface area contributed by atoms with E-state index in [0.29, 0.717) is 18.4 Å². The van der Waals surface area contributed by atoms with Crippen LogP contribution in [0, 0.1) is 5.92 Å². The maximum Gasteiger partial charge on any atom is 0.422 e. The average Bonchev–Trinajstić information content (AvgIpc) is 3.27. The number of ether oxygens (including phenoxy) is 2. The van der Waals surface area contributed by atoms with Gasteiger partial charge >= 0.3 is 12.3 Å². The number of amides is 1. The van der Waals surface area contributed by atoms with E-state index in [9.17, 15) is 22.8 Å². The van der Waals surface area contributed by atoms with E-state index in [-0.39, 0.29) is 48.3 Å². The lowest BCUT2D eigenvalue weighted by Crippen LogP contribution is -2.55. The summed E-state index contributed by atoms with van der Waals surface area (Å²) in [6.07, 6.45) is 0.0836. The summed E-state index contributed by atoms with van der Waals surface area (Å²) in [6.45, 7) is -1.19. The Bertz CT molecular complexity index is 1350. The largest absolute Gasteiger partial charge is 0.468 e. The van der Waals surface area contributed by atoms with Crippen LogP contribution in [0.15, 0.2) is 66.9 Å². The molecule has 0 saturated carbocycles. The molecule has 1 amide bonds. The molecule has 0 radical (unpaired) electrons. The third kappa shape index (κ3) is 5.17. The van der Waals surface area contributed by atoms with Gasteiger partial charge in [0.2, 0.25) is 5.88 Å². The van der Waals surface area contributed by atoms with E-state index < -0.39 is 12.8 Å². The fourth-order valence-electron chi connectivity index (χ4n) is 6.56. The molecule has 1 aliphatic carbocycles. The van der Waals surface area contributed by atoms with Gasteiger partial charge < -0.3 is 14.4 Å². The number of carbonyl (C=O) groups excluding carboxylic acids is 2. The molecule has 2 unspecified atom stereocenters. The molecule has 3 heterocycles. The van der Waals surface area contributed by atoms with Crippen molar-refractivity contribution >= 4 is 11.9 Å². The number of ketones is 1. The van der Waals surface area contributed by atoms with Crippen LogP contribution in [0.3, 0.4) is 0 Å². The van der Waals surface area contributed by atoms with Crippen LogP contribution in [0.4, 0.5) is 18.0 Å². The van der Waals surface area contributed by atoms with E-state index >= 15 is 0 Å². The number of hydrogen-bond donors (Lipinski definition) is 0. The second kappa shape index (κ2) is 10.6. The summed E-state index contributed by atoms with van der Waals surface area (Å²) in [5.41, 5.74) is 4.99. The van der Waals surface area contributed by atoms with Gasteiger partial charge in [-0.15, -0.1) is 0 Å². The fourth-order valence-corrected chi connectivity index (χ4v) is 6.56. The summed E-state index contributed by atoms with van der Waals surface area (Å²) < 4.78 is 47.8. The molecule has 3 aromatic rings. The molecule has 6 rings (SSSR count). The Hall–Kier alpha value is -3.88. The summed E-state index contributed by atoms with van der Waals surface area (Å²) in [5.74, 6) is -0.614. The van der Waals surface area contributed by atoms with Crippen LogP contribution in [0.25, 0.3) is 11.1 Å². The molecule has 208 valence electrons. The van der Waals surface area contributed by atoms with Gasteiger partial charge in [-0.05, 0) is 60.4 Å². The number of halogens is 3. The first-order valence-electron chi connectivity index (χ1n) is 13.6. The third-order valence-electron chi connectivity index (χ3n) is 8.30. The molecule has 2 aliphatic heterocycles. The minimum absolute atomic E-state index is 0.0223. The van der Waals surface area contributed by atoms with Gasteiger partial charge in [0.05, 0.1) is 0 Å². The number of Topliss-reactive ketones (excluding diaryl/α,β-unsaturated/α-hetero) is 1. The molecule has 2 aromatic carbocycles. The highest BCUT2D eigenvalue weighted by atomic mass is 19.4. The van der Waals surface area contributed by atoms with Gasteiger partial charge in [0.1, 0.15) is 6.61 Å². The molecule has 1 aromatic heterocycles. The van der Waals surface area contributed by atoms with Gasteiger partial charge in [0, 0.05) is 41.7 Å². The summed E-state index contributed by atoms with van der Waals surface area (Å²) in [7, 11) is 0. The molecule has 40 heavy (non-hydrogen) atoms. The Morgan fingerprint density at radius 3 is 2.10 bits per heavy atom. The maximum atomic E-state index is 13.4. The lowest BCUT2D eigenvalue weighted by Gasteiger charge is -2.47. The van der Waals surface area contributed by atoms with Gasteiger partial charge in [-0.1, -0.05) is 48.5 Å². The molecule has 3 aliphatic rings. The predicted molar refractivity (Wildman–Crippen MR) is 141 cm³/mol. The van der Waals surface area contributed by atoms with Crippen molar-refractivity contribution < 1.29 is 32.2 Å². The summed E-state index contributed by atoms with van der Waals surface area (Å²) in [4.78, 5) is 32.4. The highest BCUT2D eigenvalue weighted by Crippen LogP contribution is 2.45.